The second-order valence-electron chi connectivity index (χ2n) is 4.98. The molecule has 3 nitrogen and oxygen atoms in total. The second-order valence-corrected chi connectivity index (χ2v) is 5.39. The van der Waals surface area contributed by atoms with Gasteiger partial charge in [-0.3, -0.25) is 0 Å². The summed E-state index contributed by atoms with van der Waals surface area (Å²) in [5.41, 5.74) is 2.86. The number of halogens is 1. The first-order chi connectivity index (χ1) is 9.06. The van der Waals surface area contributed by atoms with Crippen LogP contribution >= 0.6 is 11.6 Å². The molecule has 0 radical (unpaired) electrons. The molecule has 1 heterocycles. The molecule has 0 spiro atoms. The van der Waals surface area contributed by atoms with Gasteiger partial charge in [0.15, 0.2) is 0 Å². The number of rotatable bonds is 4. The van der Waals surface area contributed by atoms with Crippen molar-refractivity contribution in [3.63, 3.8) is 0 Å². The lowest BCUT2D eigenvalue weighted by molar-refractivity contribution is 0.418. The Morgan fingerprint density at radius 3 is 2.68 bits per heavy atom. The Balaban J connectivity index is 2.72. The standard InChI is InChI=1S/C15H19ClN2O/c1-9(2)7-10-8-12(17-3)14-11(16)5-6-13(19-4)15(14)18-10/h5-6,8-9H,7H2,1-4H3,(H,17,18). The van der Waals surface area contributed by atoms with Gasteiger partial charge in [-0.25, -0.2) is 4.98 Å². The lowest BCUT2D eigenvalue weighted by Crippen LogP contribution is -2.02. The summed E-state index contributed by atoms with van der Waals surface area (Å²) in [6.45, 7) is 4.36. The number of hydrogen-bond acceptors (Lipinski definition) is 3. The fourth-order valence-corrected chi connectivity index (χ4v) is 2.47. The van der Waals surface area contributed by atoms with Gasteiger partial charge in [0.1, 0.15) is 11.3 Å². The molecule has 0 aliphatic heterocycles. The third-order valence-corrected chi connectivity index (χ3v) is 3.35. The lowest BCUT2D eigenvalue weighted by Gasteiger charge is -2.14. The first kappa shape index (κ1) is 13.9. The molecule has 0 saturated heterocycles. The number of anilines is 1. The van der Waals surface area contributed by atoms with Crippen molar-refractivity contribution in [3.05, 3.63) is 28.9 Å². The van der Waals surface area contributed by atoms with E-state index in [1.165, 1.54) is 0 Å². The number of benzene rings is 1. The van der Waals surface area contributed by atoms with Gasteiger partial charge in [0, 0.05) is 23.8 Å². The average molecular weight is 279 g/mol. The van der Waals surface area contributed by atoms with E-state index in [0.29, 0.717) is 10.9 Å². The minimum Gasteiger partial charge on any atom is -0.494 e. The van der Waals surface area contributed by atoms with Crippen LogP contribution in [-0.4, -0.2) is 19.1 Å². The van der Waals surface area contributed by atoms with Gasteiger partial charge in [-0.2, -0.15) is 0 Å². The van der Waals surface area contributed by atoms with Gasteiger partial charge in [0.25, 0.3) is 0 Å². The molecule has 0 unspecified atom stereocenters. The normalized spacial score (nSPS) is 11.1. The molecule has 0 saturated carbocycles. The Labute approximate surface area is 118 Å². The second kappa shape index (κ2) is 5.66. The molecule has 1 aromatic heterocycles. The quantitative estimate of drug-likeness (QED) is 0.913. The van der Waals surface area contributed by atoms with Crippen molar-refractivity contribution in [1.82, 2.24) is 4.98 Å². The molecule has 0 amide bonds. The molecule has 0 atom stereocenters. The number of ether oxygens (including phenoxy) is 1. The molecule has 0 bridgehead atoms. The molecule has 0 aliphatic carbocycles. The van der Waals surface area contributed by atoms with E-state index in [2.05, 4.69) is 25.2 Å². The zero-order valence-electron chi connectivity index (χ0n) is 11.7. The Bertz CT molecular complexity index is 596. The molecule has 19 heavy (non-hydrogen) atoms. The van der Waals surface area contributed by atoms with Crippen molar-refractivity contribution in [2.24, 2.45) is 5.92 Å². The highest BCUT2D eigenvalue weighted by Crippen LogP contribution is 2.35. The summed E-state index contributed by atoms with van der Waals surface area (Å²) in [6.07, 6.45) is 0.931. The largest absolute Gasteiger partial charge is 0.494 e. The third kappa shape index (κ3) is 2.76. The fraction of sp³-hybridized carbons (Fsp3) is 0.400. The van der Waals surface area contributed by atoms with Crippen LogP contribution in [0.3, 0.4) is 0 Å². The molecule has 2 aromatic rings. The van der Waals surface area contributed by atoms with Crippen LogP contribution in [0.4, 0.5) is 5.69 Å². The van der Waals surface area contributed by atoms with Crippen molar-refractivity contribution in [1.29, 1.82) is 0 Å². The van der Waals surface area contributed by atoms with Crippen LogP contribution < -0.4 is 10.1 Å². The first-order valence-electron chi connectivity index (χ1n) is 6.40. The van der Waals surface area contributed by atoms with Gasteiger partial charge in [0.05, 0.1) is 12.1 Å². The van der Waals surface area contributed by atoms with Crippen molar-refractivity contribution in [2.75, 3.05) is 19.5 Å². The van der Waals surface area contributed by atoms with Gasteiger partial charge in [-0.1, -0.05) is 25.4 Å². The van der Waals surface area contributed by atoms with Crippen molar-refractivity contribution >= 4 is 28.2 Å². The number of methoxy groups -OCH3 is 1. The zero-order valence-corrected chi connectivity index (χ0v) is 12.5. The van der Waals surface area contributed by atoms with Gasteiger partial charge in [-0.05, 0) is 30.5 Å². The predicted octanol–water partition coefficient (Wildman–Crippen LogP) is 4.14. The van der Waals surface area contributed by atoms with Crippen LogP contribution in [0, 0.1) is 5.92 Å². The first-order valence-corrected chi connectivity index (χ1v) is 6.78. The van der Waals surface area contributed by atoms with Gasteiger partial charge >= 0.3 is 0 Å². The lowest BCUT2D eigenvalue weighted by atomic mass is 10.0. The zero-order chi connectivity index (χ0) is 14.0. The van der Waals surface area contributed by atoms with Gasteiger partial charge < -0.3 is 10.1 Å². The summed E-state index contributed by atoms with van der Waals surface area (Å²) >= 11 is 6.29. The van der Waals surface area contributed by atoms with E-state index < -0.39 is 0 Å². The summed E-state index contributed by atoms with van der Waals surface area (Å²) in [7, 11) is 3.54. The predicted molar refractivity (Wildman–Crippen MR) is 81.4 cm³/mol. The van der Waals surface area contributed by atoms with E-state index in [1.54, 1.807) is 7.11 Å². The van der Waals surface area contributed by atoms with E-state index in [0.717, 1.165) is 34.5 Å². The van der Waals surface area contributed by atoms with Crippen molar-refractivity contribution in [3.8, 4) is 5.75 Å². The number of pyridine rings is 1. The van der Waals surface area contributed by atoms with E-state index in [1.807, 2.05) is 19.2 Å². The molecule has 2 rings (SSSR count). The maximum absolute atomic E-state index is 6.29. The minimum atomic E-state index is 0.555. The van der Waals surface area contributed by atoms with Gasteiger partial charge in [-0.15, -0.1) is 0 Å². The summed E-state index contributed by atoms with van der Waals surface area (Å²) in [5.74, 6) is 1.31. The fourth-order valence-electron chi connectivity index (χ4n) is 2.21. The third-order valence-electron chi connectivity index (χ3n) is 3.03. The Morgan fingerprint density at radius 2 is 2.11 bits per heavy atom. The van der Waals surface area contributed by atoms with E-state index in [-0.39, 0.29) is 0 Å². The van der Waals surface area contributed by atoms with Crippen LogP contribution in [0.15, 0.2) is 18.2 Å². The monoisotopic (exact) mass is 278 g/mol. The van der Waals surface area contributed by atoms with E-state index in [9.17, 15) is 0 Å². The van der Waals surface area contributed by atoms with Crippen LogP contribution in [0.5, 0.6) is 5.75 Å². The summed E-state index contributed by atoms with van der Waals surface area (Å²) in [5, 5.41) is 4.79. The van der Waals surface area contributed by atoms with Crippen molar-refractivity contribution in [2.45, 2.75) is 20.3 Å². The van der Waals surface area contributed by atoms with Crippen LogP contribution in [-0.2, 0) is 6.42 Å². The topological polar surface area (TPSA) is 34.2 Å². The smallest absolute Gasteiger partial charge is 0.145 e. The molecule has 4 heteroatoms. The van der Waals surface area contributed by atoms with Crippen molar-refractivity contribution < 1.29 is 4.74 Å². The molecular weight excluding hydrogens is 260 g/mol. The molecule has 102 valence electrons. The molecule has 1 aromatic carbocycles. The Morgan fingerprint density at radius 1 is 1.37 bits per heavy atom. The molecule has 0 fully saturated rings. The summed E-state index contributed by atoms with van der Waals surface area (Å²) < 4.78 is 5.39. The maximum Gasteiger partial charge on any atom is 0.145 e. The van der Waals surface area contributed by atoms with Crippen LogP contribution in [0.2, 0.25) is 5.02 Å². The highest BCUT2D eigenvalue weighted by Gasteiger charge is 2.13. The summed E-state index contributed by atoms with van der Waals surface area (Å²) in [6, 6.07) is 5.76. The Hall–Kier alpha value is -1.48. The molecular formula is C15H19ClN2O. The van der Waals surface area contributed by atoms with Crippen LogP contribution in [0.1, 0.15) is 19.5 Å². The highest BCUT2D eigenvalue weighted by atomic mass is 35.5. The number of aromatic nitrogens is 1. The van der Waals surface area contributed by atoms with Gasteiger partial charge in [0.2, 0.25) is 0 Å². The van der Waals surface area contributed by atoms with E-state index in [4.69, 9.17) is 21.3 Å². The Kier molecular flexibility index (Phi) is 4.15. The van der Waals surface area contributed by atoms with E-state index >= 15 is 0 Å². The SMILES string of the molecule is CNc1cc(CC(C)C)nc2c(OC)ccc(Cl)c12. The number of nitrogens with zero attached hydrogens (tertiary/aromatic N) is 1. The highest BCUT2D eigenvalue weighted by molar-refractivity contribution is 6.36. The number of nitrogens with one attached hydrogen (secondary N) is 1. The van der Waals surface area contributed by atoms with Crippen LogP contribution in [0.25, 0.3) is 10.9 Å². The number of hydrogen-bond donors (Lipinski definition) is 1. The molecule has 0 aliphatic rings. The number of fused-ring (bicyclic) bond motifs is 1. The average Bonchev–Trinajstić information content (AvgIpc) is 2.37. The minimum absolute atomic E-state index is 0.555. The maximum atomic E-state index is 6.29. The summed E-state index contributed by atoms with van der Waals surface area (Å²) in [4.78, 5) is 4.71. The molecule has 1 N–H and O–H groups in total.